The number of hydrogen-bond donors (Lipinski definition) is 1. The Morgan fingerprint density at radius 1 is 1.08 bits per heavy atom. The molecule has 3 atom stereocenters. The van der Waals surface area contributed by atoms with Crippen molar-refractivity contribution in [3.05, 3.63) is 77.6 Å². The van der Waals surface area contributed by atoms with E-state index in [1.807, 2.05) is 30.3 Å². The second-order valence-electron chi connectivity index (χ2n) is 13.5. The van der Waals surface area contributed by atoms with Crippen molar-refractivity contribution in [1.29, 1.82) is 5.26 Å². The monoisotopic (exact) mass is 667 g/mol. The average Bonchev–Trinajstić information content (AvgIpc) is 3.70. The molecule has 2 aromatic carbocycles. The maximum Gasteiger partial charge on any atom is 0.407 e. The predicted octanol–water partition coefficient (Wildman–Crippen LogP) is 5.70. The molecule has 2 unspecified atom stereocenters. The van der Waals surface area contributed by atoms with Gasteiger partial charge in [-0.3, -0.25) is 0 Å². The standard InChI is InChI=1S/C35H41F4N7O2/c1-41-33(47)48-31-7-3-6-30(31)34(27-4-2-5-28(36)16-27,22-46-23-42-43-32(46)17-35(37,38)39)26-12-14-44(15-13-26)19-25-20-45(21-25)29-10-8-24(18-40)9-11-29/h2,4-5,8-11,16,23,25-26,30-31H,3,6-7,12-15,17,19-22H2,1H3,(H,41,47)/t30?,31?,34-/m1/s1. The number of anilines is 1. The summed E-state index contributed by atoms with van der Waals surface area (Å²) in [5.74, 6) is -0.423. The molecule has 1 aromatic heterocycles. The number of amides is 1. The molecule has 256 valence electrons. The highest BCUT2D eigenvalue weighted by molar-refractivity contribution is 5.67. The topological polar surface area (TPSA) is 99.3 Å². The van der Waals surface area contributed by atoms with Crippen LogP contribution in [-0.2, 0) is 23.1 Å². The molecule has 1 aliphatic carbocycles. The highest BCUT2D eigenvalue weighted by atomic mass is 19.4. The smallest absolute Gasteiger partial charge is 0.407 e. The SMILES string of the molecule is CNC(=O)OC1CCCC1[C@@](Cn1cnnc1CC(F)(F)F)(c1cccc(F)c1)C1CCN(CC2CN(c3ccc(C#N)cc3)C2)CC1. The summed E-state index contributed by atoms with van der Waals surface area (Å²) < 4.78 is 63.3. The van der Waals surface area contributed by atoms with Gasteiger partial charge < -0.3 is 24.4 Å². The number of nitrogens with one attached hydrogen (secondary N) is 1. The first-order valence-corrected chi connectivity index (χ1v) is 16.6. The molecule has 3 aliphatic rings. The van der Waals surface area contributed by atoms with Crippen molar-refractivity contribution in [2.75, 3.05) is 44.7 Å². The number of alkyl halides is 3. The fourth-order valence-corrected chi connectivity index (χ4v) is 8.37. The Hall–Kier alpha value is -4.18. The lowest BCUT2D eigenvalue weighted by molar-refractivity contribution is -0.129. The minimum Gasteiger partial charge on any atom is -0.446 e. The van der Waals surface area contributed by atoms with Crippen LogP contribution in [0.15, 0.2) is 54.9 Å². The Morgan fingerprint density at radius 2 is 1.83 bits per heavy atom. The Morgan fingerprint density at radius 3 is 2.50 bits per heavy atom. The quantitative estimate of drug-likeness (QED) is 0.277. The maximum atomic E-state index is 15.0. The van der Waals surface area contributed by atoms with Crippen LogP contribution in [0.5, 0.6) is 0 Å². The summed E-state index contributed by atoms with van der Waals surface area (Å²) in [6, 6.07) is 16.2. The zero-order valence-electron chi connectivity index (χ0n) is 27.0. The van der Waals surface area contributed by atoms with E-state index in [1.54, 1.807) is 6.07 Å². The molecule has 1 amide bonds. The Kier molecular flexibility index (Phi) is 9.92. The van der Waals surface area contributed by atoms with Gasteiger partial charge in [0.1, 0.15) is 30.5 Å². The number of halogens is 4. The highest BCUT2D eigenvalue weighted by Gasteiger charge is 2.53. The van der Waals surface area contributed by atoms with Gasteiger partial charge in [-0.2, -0.15) is 18.4 Å². The second kappa shape index (κ2) is 14.1. The van der Waals surface area contributed by atoms with Crippen LogP contribution in [-0.4, -0.2) is 77.8 Å². The first-order chi connectivity index (χ1) is 23.1. The number of aromatic nitrogens is 3. The van der Waals surface area contributed by atoms with Crippen LogP contribution in [0, 0.1) is 34.9 Å². The van der Waals surface area contributed by atoms with Gasteiger partial charge in [-0.1, -0.05) is 12.1 Å². The van der Waals surface area contributed by atoms with Crippen molar-refractivity contribution in [2.45, 2.75) is 62.8 Å². The van der Waals surface area contributed by atoms with Crippen molar-refractivity contribution < 1.29 is 27.1 Å². The van der Waals surface area contributed by atoms with Crippen LogP contribution in [0.4, 0.5) is 28.0 Å². The van der Waals surface area contributed by atoms with E-state index in [1.165, 1.54) is 30.1 Å². The Bertz CT molecular complexity index is 1590. The maximum absolute atomic E-state index is 15.0. The highest BCUT2D eigenvalue weighted by Crippen LogP contribution is 2.52. The van der Waals surface area contributed by atoms with E-state index in [9.17, 15) is 18.0 Å². The van der Waals surface area contributed by atoms with Gasteiger partial charge in [-0.15, -0.1) is 10.2 Å². The average molecular weight is 668 g/mol. The number of benzene rings is 2. The Balaban J connectivity index is 1.26. The third-order valence-electron chi connectivity index (χ3n) is 10.6. The number of alkyl carbamates (subject to hydrolysis) is 1. The van der Waals surface area contributed by atoms with E-state index < -0.39 is 36.0 Å². The molecule has 0 radical (unpaired) electrons. The summed E-state index contributed by atoms with van der Waals surface area (Å²) in [6.45, 7) is 4.48. The first-order valence-electron chi connectivity index (χ1n) is 16.6. The second-order valence-corrected chi connectivity index (χ2v) is 13.5. The van der Waals surface area contributed by atoms with Gasteiger partial charge in [0.2, 0.25) is 0 Å². The molecular weight excluding hydrogens is 626 g/mol. The lowest BCUT2D eigenvalue weighted by Crippen LogP contribution is -2.55. The summed E-state index contributed by atoms with van der Waals surface area (Å²) in [6.07, 6.45) is -1.84. The summed E-state index contributed by atoms with van der Waals surface area (Å²) in [5.41, 5.74) is 1.59. The molecular formula is C35H41F4N7O2. The number of nitriles is 1. The first kappa shape index (κ1) is 33.7. The fourth-order valence-electron chi connectivity index (χ4n) is 8.37. The van der Waals surface area contributed by atoms with Gasteiger partial charge in [-0.25, -0.2) is 9.18 Å². The normalized spacial score (nSPS) is 22.1. The van der Waals surface area contributed by atoms with Gasteiger partial charge in [0.25, 0.3) is 0 Å². The number of likely N-dealkylation sites (tertiary alicyclic amines) is 1. The van der Waals surface area contributed by atoms with Crippen LogP contribution in [0.3, 0.4) is 0 Å². The number of ether oxygens (including phenoxy) is 1. The van der Waals surface area contributed by atoms with E-state index in [0.717, 1.165) is 57.7 Å². The van der Waals surface area contributed by atoms with Gasteiger partial charge >= 0.3 is 12.3 Å². The molecule has 3 heterocycles. The van der Waals surface area contributed by atoms with Crippen LogP contribution >= 0.6 is 0 Å². The molecule has 3 fully saturated rings. The van der Waals surface area contributed by atoms with Gasteiger partial charge in [0.15, 0.2) is 0 Å². The van der Waals surface area contributed by atoms with Crippen LogP contribution in [0.1, 0.15) is 49.1 Å². The van der Waals surface area contributed by atoms with Crippen LogP contribution in [0.25, 0.3) is 0 Å². The zero-order chi connectivity index (χ0) is 33.9. The number of piperidine rings is 1. The van der Waals surface area contributed by atoms with E-state index in [4.69, 9.17) is 10.00 Å². The molecule has 9 nitrogen and oxygen atoms in total. The summed E-state index contributed by atoms with van der Waals surface area (Å²) >= 11 is 0. The van der Waals surface area contributed by atoms with E-state index in [2.05, 4.69) is 31.4 Å². The molecule has 2 saturated heterocycles. The molecule has 13 heteroatoms. The molecule has 48 heavy (non-hydrogen) atoms. The largest absolute Gasteiger partial charge is 0.446 e. The van der Waals surface area contributed by atoms with Crippen molar-refractivity contribution in [3.8, 4) is 6.07 Å². The number of hydrogen-bond acceptors (Lipinski definition) is 7. The summed E-state index contributed by atoms with van der Waals surface area (Å²) in [7, 11) is 1.49. The van der Waals surface area contributed by atoms with Gasteiger partial charge in [0, 0.05) is 56.2 Å². The van der Waals surface area contributed by atoms with Crippen molar-refractivity contribution in [2.24, 2.45) is 17.8 Å². The lowest BCUT2D eigenvalue weighted by Gasteiger charge is -2.51. The predicted molar refractivity (Wildman–Crippen MR) is 171 cm³/mol. The Labute approximate surface area is 277 Å². The number of nitrogens with zero attached hydrogens (tertiary/aromatic N) is 6. The molecule has 0 bridgehead atoms. The minimum absolute atomic E-state index is 0.0351. The minimum atomic E-state index is -4.48. The number of carbonyl (C=O) groups excluding carboxylic acids is 1. The molecule has 3 aromatic rings. The van der Waals surface area contributed by atoms with E-state index >= 15 is 4.39 Å². The lowest BCUT2D eigenvalue weighted by atomic mass is 9.58. The van der Waals surface area contributed by atoms with Crippen LogP contribution in [0.2, 0.25) is 0 Å². The molecule has 6 rings (SSSR count). The third-order valence-corrected chi connectivity index (χ3v) is 10.6. The van der Waals surface area contributed by atoms with Crippen LogP contribution < -0.4 is 10.2 Å². The molecule has 0 spiro atoms. The number of carbonyl (C=O) groups is 1. The summed E-state index contributed by atoms with van der Waals surface area (Å²) in [4.78, 5) is 17.2. The van der Waals surface area contributed by atoms with E-state index in [-0.39, 0.29) is 24.2 Å². The van der Waals surface area contributed by atoms with Gasteiger partial charge in [0.05, 0.1) is 11.6 Å². The molecule has 1 N–H and O–H groups in total. The van der Waals surface area contributed by atoms with Crippen molar-refractivity contribution in [1.82, 2.24) is 25.0 Å². The van der Waals surface area contributed by atoms with Gasteiger partial charge in [-0.05, 0) is 93.1 Å². The third kappa shape index (κ3) is 7.28. The zero-order valence-corrected chi connectivity index (χ0v) is 27.0. The molecule has 1 saturated carbocycles. The number of rotatable bonds is 10. The fraction of sp³-hybridized carbons (Fsp3) is 0.543. The summed E-state index contributed by atoms with van der Waals surface area (Å²) in [5, 5.41) is 19.3. The van der Waals surface area contributed by atoms with Crippen molar-refractivity contribution >= 4 is 11.8 Å². The van der Waals surface area contributed by atoms with Crippen molar-refractivity contribution in [3.63, 3.8) is 0 Å². The van der Waals surface area contributed by atoms with E-state index in [0.29, 0.717) is 29.9 Å². The molecule has 2 aliphatic heterocycles.